The Morgan fingerprint density at radius 1 is 1.33 bits per heavy atom. The smallest absolute Gasteiger partial charge is 0.128 e. The minimum absolute atomic E-state index is 0.148. The van der Waals surface area contributed by atoms with Gasteiger partial charge in [0.25, 0.3) is 0 Å². The van der Waals surface area contributed by atoms with Crippen molar-refractivity contribution in [1.29, 1.82) is 0 Å². The predicted octanol–water partition coefficient (Wildman–Crippen LogP) is 2.57. The van der Waals surface area contributed by atoms with Gasteiger partial charge < -0.3 is 5.32 Å². The lowest BCUT2D eigenvalue weighted by Crippen LogP contribution is -2.23. The summed E-state index contributed by atoms with van der Waals surface area (Å²) in [6.45, 7) is 4.78. The molecular weight excluding hydrogens is 229 g/mol. The maximum atomic E-state index is 13.9. The average molecular weight is 247 g/mol. The summed E-state index contributed by atoms with van der Waals surface area (Å²) in [6, 6.07) is 6.72. The highest BCUT2D eigenvalue weighted by Gasteiger charge is 2.20. The highest BCUT2D eigenvalue weighted by Crippen LogP contribution is 2.26. The van der Waals surface area contributed by atoms with Gasteiger partial charge in [-0.05, 0) is 19.5 Å². The van der Waals surface area contributed by atoms with Crippen molar-refractivity contribution < 1.29 is 4.39 Å². The third kappa shape index (κ3) is 2.29. The molecule has 1 atom stereocenters. The fourth-order valence-corrected chi connectivity index (χ4v) is 2.10. The normalized spacial score (nSPS) is 12.7. The lowest BCUT2D eigenvalue weighted by atomic mass is 9.99. The van der Waals surface area contributed by atoms with Gasteiger partial charge in [-0.25, -0.2) is 4.39 Å². The highest BCUT2D eigenvalue weighted by atomic mass is 19.1. The molecule has 0 amide bonds. The summed E-state index contributed by atoms with van der Waals surface area (Å²) in [6.07, 6.45) is 1.80. The fourth-order valence-electron chi connectivity index (χ4n) is 2.10. The van der Waals surface area contributed by atoms with Crippen LogP contribution in [0.1, 0.15) is 29.8 Å². The fraction of sp³-hybridized carbons (Fsp3) is 0.357. The molecule has 0 fully saturated rings. The van der Waals surface area contributed by atoms with E-state index in [-0.39, 0.29) is 11.9 Å². The number of hydrogen-bond acceptors (Lipinski definition) is 2. The zero-order valence-corrected chi connectivity index (χ0v) is 10.9. The van der Waals surface area contributed by atoms with Gasteiger partial charge in [-0.1, -0.05) is 25.1 Å². The van der Waals surface area contributed by atoms with Crippen LogP contribution in [0, 0.1) is 12.7 Å². The minimum Gasteiger partial charge on any atom is -0.306 e. The van der Waals surface area contributed by atoms with Crippen LogP contribution in [0.15, 0.2) is 30.5 Å². The number of nitrogens with zero attached hydrogens (tertiary/aromatic N) is 2. The number of nitrogens with one attached hydrogen (secondary N) is 1. The topological polar surface area (TPSA) is 29.9 Å². The first-order valence-electron chi connectivity index (χ1n) is 6.11. The van der Waals surface area contributed by atoms with Crippen LogP contribution in [0.25, 0.3) is 0 Å². The summed E-state index contributed by atoms with van der Waals surface area (Å²) in [5.41, 5.74) is 2.73. The molecule has 0 spiro atoms. The second-order valence-electron chi connectivity index (χ2n) is 4.32. The first-order chi connectivity index (χ1) is 8.65. The molecule has 18 heavy (non-hydrogen) atoms. The summed E-state index contributed by atoms with van der Waals surface area (Å²) in [4.78, 5) is 0. The van der Waals surface area contributed by atoms with Crippen molar-refractivity contribution in [3.8, 4) is 0 Å². The lowest BCUT2D eigenvalue weighted by molar-refractivity contribution is 0.557. The molecule has 0 saturated heterocycles. The van der Waals surface area contributed by atoms with Gasteiger partial charge >= 0.3 is 0 Å². The first-order valence-corrected chi connectivity index (χ1v) is 6.11. The quantitative estimate of drug-likeness (QED) is 0.900. The van der Waals surface area contributed by atoms with E-state index in [9.17, 15) is 4.39 Å². The Bertz CT molecular complexity index is 534. The Morgan fingerprint density at radius 3 is 2.61 bits per heavy atom. The Labute approximate surface area is 107 Å². The first kappa shape index (κ1) is 12.8. The standard InChI is InChI=1S/C14H18FN3/c1-4-16-14(11-7-5-6-8-13(11)15)12-9-17-18(3)10(12)2/h5-9,14,16H,4H2,1-3H3. The lowest BCUT2D eigenvalue weighted by Gasteiger charge is -2.18. The van der Waals surface area contributed by atoms with Crippen molar-refractivity contribution in [2.24, 2.45) is 7.05 Å². The zero-order valence-electron chi connectivity index (χ0n) is 10.9. The van der Waals surface area contributed by atoms with E-state index in [4.69, 9.17) is 0 Å². The van der Waals surface area contributed by atoms with Gasteiger partial charge in [0.1, 0.15) is 5.82 Å². The Morgan fingerprint density at radius 2 is 2.06 bits per heavy atom. The van der Waals surface area contributed by atoms with Crippen LogP contribution in [0.3, 0.4) is 0 Å². The van der Waals surface area contributed by atoms with Crippen molar-refractivity contribution in [3.05, 3.63) is 53.1 Å². The van der Waals surface area contributed by atoms with Gasteiger partial charge in [0.2, 0.25) is 0 Å². The third-order valence-electron chi connectivity index (χ3n) is 3.21. The molecule has 0 bridgehead atoms. The van der Waals surface area contributed by atoms with Crippen LogP contribution in [0.2, 0.25) is 0 Å². The van der Waals surface area contributed by atoms with Crippen molar-refractivity contribution >= 4 is 0 Å². The Balaban J connectivity index is 2.47. The molecule has 0 aliphatic heterocycles. The van der Waals surface area contributed by atoms with Gasteiger partial charge in [-0.2, -0.15) is 5.10 Å². The number of hydrogen-bond donors (Lipinski definition) is 1. The van der Waals surface area contributed by atoms with E-state index in [1.807, 2.05) is 33.0 Å². The van der Waals surface area contributed by atoms with E-state index in [1.165, 1.54) is 6.07 Å². The van der Waals surface area contributed by atoms with Gasteiger partial charge in [0.05, 0.1) is 12.2 Å². The SMILES string of the molecule is CCNC(c1ccccc1F)c1cnn(C)c1C. The van der Waals surface area contributed by atoms with Crippen molar-refractivity contribution in [1.82, 2.24) is 15.1 Å². The van der Waals surface area contributed by atoms with Crippen LogP contribution >= 0.6 is 0 Å². The summed E-state index contributed by atoms with van der Waals surface area (Å²) in [7, 11) is 1.89. The second kappa shape index (κ2) is 5.31. The number of aryl methyl sites for hydroxylation is 1. The predicted molar refractivity (Wildman–Crippen MR) is 69.9 cm³/mol. The zero-order chi connectivity index (χ0) is 13.1. The molecule has 0 saturated carbocycles. The highest BCUT2D eigenvalue weighted by molar-refractivity contribution is 5.33. The maximum Gasteiger partial charge on any atom is 0.128 e. The molecule has 4 heteroatoms. The molecule has 0 aliphatic carbocycles. The van der Waals surface area contributed by atoms with Crippen LogP contribution in [-0.4, -0.2) is 16.3 Å². The molecule has 1 unspecified atom stereocenters. The molecule has 2 rings (SSSR count). The van der Waals surface area contributed by atoms with E-state index in [2.05, 4.69) is 10.4 Å². The summed E-state index contributed by atoms with van der Waals surface area (Å²) >= 11 is 0. The monoisotopic (exact) mass is 247 g/mol. The Kier molecular flexibility index (Phi) is 3.77. The molecule has 96 valence electrons. The van der Waals surface area contributed by atoms with Gasteiger partial charge in [-0.15, -0.1) is 0 Å². The molecule has 0 aliphatic rings. The summed E-state index contributed by atoms with van der Waals surface area (Å²) in [5.74, 6) is -0.188. The summed E-state index contributed by atoms with van der Waals surface area (Å²) < 4.78 is 15.7. The second-order valence-corrected chi connectivity index (χ2v) is 4.32. The van der Waals surface area contributed by atoms with Crippen LogP contribution in [0.5, 0.6) is 0 Å². The molecule has 1 heterocycles. The van der Waals surface area contributed by atoms with E-state index >= 15 is 0 Å². The van der Waals surface area contributed by atoms with Crippen molar-refractivity contribution in [3.63, 3.8) is 0 Å². The molecule has 1 N–H and O–H groups in total. The number of benzene rings is 1. The van der Waals surface area contributed by atoms with Gasteiger partial charge in [0, 0.05) is 23.9 Å². The largest absolute Gasteiger partial charge is 0.306 e. The number of aromatic nitrogens is 2. The van der Waals surface area contributed by atoms with Crippen molar-refractivity contribution in [2.75, 3.05) is 6.54 Å². The van der Waals surface area contributed by atoms with E-state index in [0.29, 0.717) is 5.56 Å². The van der Waals surface area contributed by atoms with E-state index in [0.717, 1.165) is 17.8 Å². The number of rotatable bonds is 4. The van der Waals surface area contributed by atoms with Crippen LogP contribution < -0.4 is 5.32 Å². The van der Waals surface area contributed by atoms with E-state index in [1.54, 1.807) is 16.9 Å². The van der Waals surface area contributed by atoms with Crippen LogP contribution in [-0.2, 0) is 7.05 Å². The average Bonchev–Trinajstić information content (AvgIpc) is 2.69. The molecule has 0 radical (unpaired) electrons. The molecule has 2 aromatic rings. The number of halogens is 1. The molecular formula is C14H18FN3. The summed E-state index contributed by atoms with van der Waals surface area (Å²) in [5, 5.41) is 7.55. The van der Waals surface area contributed by atoms with E-state index < -0.39 is 0 Å². The van der Waals surface area contributed by atoms with Gasteiger partial charge in [-0.3, -0.25) is 4.68 Å². The van der Waals surface area contributed by atoms with Crippen LogP contribution in [0.4, 0.5) is 4.39 Å². The van der Waals surface area contributed by atoms with Crippen molar-refractivity contribution in [2.45, 2.75) is 19.9 Å². The Hall–Kier alpha value is -1.68. The maximum absolute atomic E-state index is 13.9. The van der Waals surface area contributed by atoms with Gasteiger partial charge in [0.15, 0.2) is 0 Å². The molecule has 1 aromatic carbocycles. The third-order valence-corrected chi connectivity index (χ3v) is 3.21. The molecule has 3 nitrogen and oxygen atoms in total. The minimum atomic E-state index is -0.188. The molecule has 1 aromatic heterocycles.